The van der Waals surface area contributed by atoms with Gasteiger partial charge in [-0.3, -0.25) is 0 Å². The number of aromatic nitrogens is 3. The number of hydrogen-bond acceptors (Lipinski definition) is 2. The van der Waals surface area contributed by atoms with E-state index in [1.807, 2.05) is 24.3 Å². The van der Waals surface area contributed by atoms with Gasteiger partial charge in [-0.2, -0.15) is 0 Å². The Bertz CT molecular complexity index is 3170. The van der Waals surface area contributed by atoms with Crippen molar-refractivity contribution in [3.63, 3.8) is 0 Å². The molecule has 0 N–H and O–H groups in total. The first kappa shape index (κ1) is 34.6. The van der Waals surface area contributed by atoms with Crippen molar-refractivity contribution in [2.45, 2.75) is 12.8 Å². The normalized spacial score (nSPS) is 12.6. The van der Waals surface area contributed by atoms with Crippen molar-refractivity contribution in [2.75, 3.05) is 0 Å². The summed E-state index contributed by atoms with van der Waals surface area (Å²) in [5, 5.41) is 4.85. The molecule has 0 spiro atoms. The summed E-state index contributed by atoms with van der Waals surface area (Å²) in [7, 11) is 0. The Morgan fingerprint density at radius 3 is 1.63 bits per heavy atom. The van der Waals surface area contributed by atoms with E-state index in [0.29, 0.717) is 5.82 Å². The van der Waals surface area contributed by atoms with Crippen molar-refractivity contribution in [2.24, 2.45) is 0 Å². The van der Waals surface area contributed by atoms with Gasteiger partial charge in [0.1, 0.15) is 0 Å². The van der Waals surface area contributed by atoms with E-state index in [2.05, 4.69) is 193 Å². The van der Waals surface area contributed by atoms with Gasteiger partial charge in [0, 0.05) is 33.2 Å². The Morgan fingerprint density at radius 2 is 0.949 bits per heavy atom. The second kappa shape index (κ2) is 14.7. The van der Waals surface area contributed by atoms with Crippen molar-refractivity contribution in [1.82, 2.24) is 14.5 Å². The molecule has 3 heteroatoms. The van der Waals surface area contributed by atoms with Crippen molar-refractivity contribution >= 4 is 38.2 Å². The van der Waals surface area contributed by atoms with E-state index < -0.39 is 0 Å². The summed E-state index contributed by atoms with van der Waals surface area (Å²) < 4.78 is 2.45. The summed E-state index contributed by atoms with van der Waals surface area (Å²) >= 11 is 0. The smallest absolute Gasteiger partial charge is 0.160 e. The second-order valence-electron chi connectivity index (χ2n) is 15.3. The van der Waals surface area contributed by atoms with Crippen LogP contribution in [0.3, 0.4) is 0 Å². The molecule has 3 nitrogen and oxygen atoms in total. The van der Waals surface area contributed by atoms with Crippen LogP contribution in [0.25, 0.3) is 100.0 Å². The standard InChI is InChI=1S/C56H39N3/c1-5-15-38(16-6-1)43-27-31-50-51-32-28-44(39-17-7-2-8-18-39)36-55(51)59(54(50)35-43)45-29-25-40(26-30-45)46-33-34-49(48-24-14-13-23-47(46)48)53-37-52(41-19-9-3-10-20-41)57-56(58-53)42-21-11-4-12-22-42/h1-7,9-17,19-37H,8,18H2. The van der Waals surface area contributed by atoms with Crippen molar-refractivity contribution in [1.29, 1.82) is 0 Å². The fourth-order valence-corrected chi connectivity index (χ4v) is 8.77. The molecule has 0 atom stereocenters. The lowest BCUT2D eigenvalue weighted by atomic mass is 9.93. The van der Waals surface area contributed by atoms with E-state index in [0.717, 1.165) is 52.0 Å². The van der Waals surface area contributed by atoms with Crippen LogP contribution in [-0.4, -0.2) is 14.5 Å². The van der Waals surface area contributed by atoms with Crippen LogP contribution in [0, 0.1) is 0 Å². The third-order valence-electron chi connectivity index (χ3n) is 11.7. The second-order valence-corrected chi connectivity index (χ2v) is 15.3. The maximum atomic E-state index is 5.18. The lowest BCUT2D eigenvalue weighted by Crippen LogP contribution is -1.97. The Kier molecular flexibility index (Phi) is 8.63. The first-order chi connectivity index (χ1) is 29.2. The first-order valence-corrected chi connectivity index (χ1v) is 20.4. The first-order valence-electron chi connectivity index (χ1n) is 20.4. The van der Waals surface area contributed by atoms with Gasteiger partial charge in [0.25, 0.3) is 0 Å². The van der Waals surface area contributed by atoms with Crippen LogP contribution < -0.4 is 0 Å². The molecule has 10 aromatic rings. The minimum atomic E-state index is 0.714. The Labute approximate surface area is 343 Å². The molecule has 1 aliphatic rings. The maximum Gasteiger partial charge on any atom is 0.160 e. The molecular weight excluding hydrogens is 715 g/mol. The zero-order valence-electron chi connectivity index (χ0n) is 32.5. The van der Waals surface area contributed by atoms with E-state index in [4.69, 9.17) is 9.97 Å². The van der Waals surface area contributed by atoms with Crippen LogP contribution in [0.4, 0.5) is 0 Å². The van der Waals surface area contributed by atoms with Crippen LogP contribution in [0.1, 0.15) is 18.4 Å². The molecule has 1 aliphatic carbocycles. The summed E-state index contributed by atoms with van der Waals surface area (Å²) in [5.74, 6) is 0.714. The van der Waals surface area contributed by atoms with Gasteiger partial charge in [-0.05, 0) is 87.3 Å². The highest BCUT2D eigenvalue weighted by molar-refractivity contribution is 6.11. The topological polar surface area (TPSA) is 30.7 Å². The summed E-state index contributed by atoms with van der Waals surface area (Å²) in [6.07, 6.45) is 8.85. The highest BCUT2D eigenvalue weighted by atomic mass is 15.0. The Hall–Kier alpha value is -7.62. The highest BCUT2D eigenvalue weighted by Crippen LogP contribution is 2.40. The molecule has 0 aliphatic heterocycles. The van der Waals surface area contributed by atoms with Crippen LogP contribution in [0.5, 0.6) is 0 Å². The monoisotopic (exact) mass is 753 g/mol. The zero-order chi connectivity index (χ0) is 39.1. The minimum absolute atomic E-state index is 0.714. The average molecular weight is 754 g/mol. The van der Waals surface area contributed by atoms with E-state index in [1.54, 1.807) is 0 Å². The van der Waals surface area contributed by atoms with Crippen molar-refractivity contribution in [3.05, 3.63) is 218 Å². The van der Waals surface area contributed by atoms with Gasteiger partial charge in [0.15, 0.2) is 5.82 Å². The number of nitrogens with zero attached hydrogens (tertiary/aromatic N) is 3. The van der Waals surface area contributed by atoms with Crippen molar-refractivity contribution < 1.29 is 0 Å². The summed E-state index contributed by atoms with van der Waals surface area (Å²) in [6, 6.07) is 69.6. The van der Waals surface area contributed by atoms with E-state index in [9.17, 15) is 0 Å². The van der Waals surface area contributed by atoms with Gasteiger partial charge in [-0.15, -0.1) is 0 Å². The SMILES string of the molecule is C1=CCCC(c2ccc3c4ccc(-c5ccccc5)cc4n(-c4ccc(-c5ccc(-c6cc(-c7ccccc7)nc(-c7ccccc7)n6)c6ccccc56)cc4)c3c2)=C1. The van der Waals surface area contributed by atoms with Crippen LogP contribution >= 0.6 is 0 Å². The number of rotatable bonds is 7. The molecule has 278 valence electrons. The zero-order valence-corrected chi connectivity index (χ0v) is 32.5. The fraction of sp³-hybridized carbons (Fsp3) is 0.0357. The van der Waals surface area contributed by atoms with Gasteiger partial charge in [0.05, 0.1) is 22.4 Å². The van der Waals surface area contributed by atoms with Crippen LogP contribution in [0.2, 0.25) is 0 Å². The van der Waals surface area contributed by atoms with Gasteiger partial charge >= 0.3 is 0 Å². The molecule has 0 fully saturated rings. The van der Waals surface area contributed by atoms with E-state index >= 15 is 0 Å². The largest absolute Gasteiger partial charge is 0.309 e. The lowest BCUT2D eigenvalue weighted by Gasteiger charge is -2.15. The fourth-order valence-electron chi connectivity index (χ4n) is 8.77. The van der Waals surface area contributed by atoms with Gasteiger partial charge in [0.2, 0.25) is 0 Å². The maximum absolute atomic E-state index is 5.18. The minimum Gasteiger partial charge on any atom is -0.309 e. The van der Waals surface area contributed by atoms with Gasteiger partial charge in [-0.1, -0.05) is 182 Å². The third kappa shape index (κ3) is 6.34. The Balaban J connectivity index is 1.04. The summed E-state index contributed by atoms with van der Waals surface area (Å²) in [4.78, 5) is 10.2. The summed E-state index contributed by atoms with van der Waals surface area (Å²) in [6.45, 7) is 0. The average Bonchev–Trinajstić information content (AvgIpc) is 3.65. The number of benzene rings is 8. The molecule has 0 saturated heterocycles. The molecule has 0 amide bonds. The molecule has 0 saturated carbocycles. The van der Waals surface area contributed by atoms with Crippen LogP contribution in [-0.2, 0) is 0 Å². The van der Waals surface area contributed by atoms with Crippen LogP contribution in [0.15, 0.2) is 212 Å². The van der Waals surface area contributed by atoms with Crippen molar-refractivity contribution in [3.8, 4) is 61.8 Å². The predicted molar refractivity (Wildman–Crippen MR) is 247 cm³/mol. The molecule has 0 unspecified atom stereocenters. The molecular formula is C56H39N3. The molecule has 11 rings (SSSR count). The molecule has 0 bridgehead atoms. The molecule has 2 aromatic heterocycles. The quantitative estimate of drug-likeness (QED) is 0.162. The molecule has 8 aromatic carbocycles. The molecule has 59 heavy (non-hydrogen) atoms. The van der Waals surface area contributed by atoms with Gasteiger partial charge < -0.3 is 4.57 Å². The number of fused-ring (bicyclic) bond motifs is 4. The highest BCUT2D eigenvalue weighted by Gasteiger charge is 2.18. The lowest BCUT2D eigenvalue weighted by molar-refractivity contribution is 1.05. The molecule has 0 radical (unpaired) electrons. The predicted octanol–water partition coefficient (Wildman–Crippen LogP) is 14.8. The number of hydrogen-bond donors (Lipinski definition) is 0. The summed E-state index contributed by atoms with van der Waals surface area (Å²) in [5.41, 5.74) is 15.9. The molecule has 2 heterocycles. The third-order valence-corrected chi connectivity index (χ3v) is 11.7. The van der Waals surface area contributed by atoms with E-state index in [-0.39, 0.29) is 0 Å². The number of allylic oxidation sites excluding steroid dienone is 4. The van der Waals surface area contributed by atoms with Gasteiger partial charge in [-0.25, -0.2) is 9.97 Å². The van der Waals surface area contributed by atoms with E-state index in [1.165, 1.54) is 60.6 Å². The Morgan fingerprint density at radius 1 is 0.390 bits per heavy atom.